The highest BCUT2D eigenvalue weighted by Crippen LogP contribution is 2.59. The second-order valence-corrected chi connectivity index (χ2v) is 4.95. The van der Waals surface area contributed by atoms with E-state index in [0.717, 1.165) is 17.8 Å². The molecule has 2 unspecified atom stereocenters. The van der Waals surface area contributed by atoms with Gasteiger partial charge in [-0.2, -0.15) is 0 Å². The van der Waals surface area contributed by atoms with E-state index in [2.05, 4.69) is 0 Å². The van der Waals surface area contributed by atoms with Gasteiger partial charge >= 0.3 is 5.97 Å². The van der Waals surface area contributed by atoms with Gasteiger partial charge in [0, 0.05) is 0 Å². The number of allylic oxidation sites excluding steroid dienone is 1. The van der Waals surface area contributed by atoms with E-state index < -0.39 is 28.2 Å². The van der Waals surface area contributed by atoms with E-state index in [0.29, 0.717) is 0 Å². The molecule has 1 aliphatic rings. The zero-order chi connectivity index (χ0) is 11.8. The Morgan fingerprint density at radius 1 is 1.47 bits per heavy atom. The predicted octanol–water partition coefficient (Wildman–Crippen LogP) is 2.09. The van der Waals surface area contributed by atoms with Crippen LogP contribution in [0.1, 0.15) is 13.8 Å². The number of carbonyl (C=O) groups is 2. The Balaban J connectivity index is 2.78. The van der Waals surface area contributed by atoms with Crippen molar-refractivity contribution in [2.24, 2.45) is 17.3 Å². The van der Waals surface area contributed by atoms with E-state index in [1.54, 1.807) is 13.8 Å². The molecule has 5 heteroatoms. The molecule has 15 heavy (non-hydrogen) atoms. The minimum atomic E-state index is -0.939. The van der Waals surface area contributed by atoms with Crippen LogP contribution in [0.4, 0.5) is 4.39 Å². The summed E-state index contributed by atoms with van der Waals surface area (Å²) in [5.41, 5.74) is -0.456. The molecule has 1 N–H and O–H groups in total. The fourth-order valence-electron chi connectivity index (χ4n) is 1.78. The Morgan fingerprint density at radius 2 is 2.00 bits per heavy atom. The lowest BCUT2D eigenvalue weighted by molar-refractivity contribution is -0.139. The highest BCUT2D eigenvalue weighted by Gasteiger charge is 2.61. The quantitative estimate of drug-likeness (QED) is 0.757. The summed E-state index contributed by atoms with van der Waals surface area (Å²) in [4.78, 5) is 21.7. The molecular formula is C10H13FO3S. The lowest BCUT2D eigenvalue weighted by Gasteiger charge is -1.97. The van der Waals surface area contributed by atoms with Gasteiger partial charge in [-0.25, -0.2) is 4.39 Å². The Morgan fingerprint density at radius 3 is 2.33 bits per heavy atom. The number of halogens is 1. The van der Waals surface area contributed by atoms with E-state index in [4.69, 9.17) is 5.11 Å². The molecule has 0 heterocycles. The maximum atomic E-state index is 13.2. The summed E-state index contributed by atoms with van der Waals surface area (Å²) in [6.07, 6.45) is 2.63. The summed E-state index contributed by atoms with van der Waals surface area (Å²) >= 11 is 0.783. The molecule has 2 atom stereocenters. The molecule has 1 rings (SSSR count). The minimum absolute atomic E-state index is 0.383. The molecule has 0 spiro atoms. The van der Waals surface area contributed by atoms with Crippen LogP contribution in [0.5, 0.6) is 0 Å². The van der Waals surface area contributed by atoms with E-state index in [-0.39, 0.29) is 5.92 Å². The lowest BCUT2D eigenvalue weighted by Crippen LogP contribution is -2.03. The van der Waals surface area contributed by atoms with Gasteiger partial charge in [0.1, 0.15) is 0 Å². The number of thioether (sulfide) groups is 1. The molecule has 1 fully saturated rings. The van der Waals surface area contributed by atoms with Crippen LogP contribution >= 0.6 is 11.8 Å². The Labute approximate surface area is 91.7 Å². The van der Waals surface area contributed by atoms with Crippen molar-refractivity contribution in [2.45, 2.75) is 13.8 Å². The number of carboxylic acid groups (broad SMARTS) is 1. The zero-order valence-corrected chi connectivity index (χ0v) is 9.60. The number of hydrogen-bond acceptors (Lipinski definition) is 3. The molecule has 0 amide bonds. The second-order valence-electron chi connectivity index (χ2n) is 4.17. The van der Waals surface area contributed by atoms with Gasteiger partial charge < -0.3 is 5.11 Å². The topological polar surface area (TPSA) is 54.4 Å². The molecule has 1 aliphatic carbocycles. The molecular weight excluding hydrogens is 219 g/mol. The van der Waals surface area contributed by atoms with Crippen LogP contribution in [0.15, 0.2) is 11.9 Å². The maximum absolute atomic E-state index is 13.2. The summed E-state index contributed by atoms with van der Waals surface area (Å²) in [5.74, 6) is -2.75. The van der Waals surface area contributed by atoms with Crippen LogP contribution in [0.3, 0.4) is 0 Å². The molecule has 0 bridgehead atoms. The predicted molar refractivity (Wildman–Crippen MR) is 56.1 cm³/mol. The molecule has 0 aromatic rings. The molecule has 1 saturated carbocycles. The SMILES string of the molecule is CSC(=O)C(F)=CC1C(C(=O)O)C1(C)C. The molecule has 3 nitrogen and oxygen atoms in total. The Kier molecular flexibility index (Phi) is 3.23. The molecule has 0 aliphatic heterocycles. The van der Waals surface area contributed by atoms with Gasteiger partial charge in [-0.05, 0) is 23.7 Å². The van der Waals surface area contributed by atoms with Crippen molar-refractivity contribution in [3.63, 3.8) is 0 Å². The van der Waals surface area contributed by atoms with E-state index in [1.165, 1.54) is 6.26 Å². The first-order valence-corrected chi connectivity index (χ1v) is 5.73. The molecule has 84 valence electrons. The fraction of sp³-hybridized carbons (Fsp3) is 0.600. The van der Waals surface area contributed by atoms with Gasteiger partial charge in [-0.1, -0.05) is 25.6 Å². The lowest BCUT2D eigenvalue weighted by atomic mass is 10.1. The van der Waals surface area contributed by atoms with Gasteiger partial charge in [0.2, 0.25) is 5.12 Å². The Hall–Kier alpha value is -0.840. The minimum Gasteiger partial charge on any atom is -0.481 e. The third kappa shape index (κ3) is 2.22. The van der Waals surface area contributed by atoms with Gasteiger partial charge in [-0.3, -0.25) is 9.59 Å². The first-order chi connectivity index (χ1) is 6.82. The number of rotatable bonds is 3. The van der Waals surface area contributed by atoms with Gasteiger partial charge in [0.25, 0.3) is 0 Å². The third-order valence-corrected chi connectivity index (χ3v) is 3.45. The first-order valence-electron chi connectivity index (χ1n) is 4.50. The largest absolute Gasteiger partial charge is 0.481 e. The van der Waals surface area contributed by atoms with E-state index >= 15 is 0 Å². The first kappa shape index (κ1) is 12.2. The standard InChI is InChI=1S/C10H13FO3S/c1-10(2)5(7(10)8(12)13)4-6(11)9(14)15-3/h4-5,7H,1-3H3,(H,12,13). The monoisotopic (exact) mass is 232 g/mol. The third-order valence-electron chi connectivity index (χ3n) is 2.88. The van der Waals surface area contributed by atoms with Crippen LogP contribution in [-0.2, 0) is 9.59 Å². The summed E-state index contributed by atoms with van der Waals surface area (Å²) in [5, 5.41) is 8.18. The second kappa shape index (κ2) is 3.96. The molecule has 0 aromatic heterocycles. The van der Waals surface area contributed by atoms with Gasteiger partial charge in [0.15, 0.2) is 5.83 Å². The fourth-order valence-corrected chi connectivity index (χ4v) is 2.05. The van der Waals surface area contributed by atoms with E-state index in [9.17, 15) is 14.0 Å². The van der Waals surface area contributed by atoms with Crippen LogP contribution in [-0.4, -0.2) is 22.4 Å². The average Bonchev–Trinajstić information content (AvgIpc) is 2.66. The normalized spacial score (nSPS) is 28.7. The summed E-state index contributed by atoms with van der Waals surface area (Å²) < 4.78 is 13.2. The number of hydrogen-bond donors (Lipinski definition) is 1. The van der Waals surface area contributed by atoms with Crippen molar-refractivity contribution in [2.75, 3.05) is 6.26 Å². The van der Waals surface area contributed by atoms with Crippen molar-refractivity contribution in [1.29, 1.82) is 0 Å². The van der Waals surface area contributed by atoms with E-state index in [1.807, 2.05) is 0 Å². The highest BCUT2D eigenvalue weighted by atomic mass is 32.2. The van der Waals surface area contributed by atoms with Crippen molar-refractivity contribution in [3.05, 3.63) is 11.9 Å². The number of carbonyl (C=O) groups excluding carboxylic acids is 1. The van der Waals surface area contributed by atoms with Crippen LogP contribution in [0.25, 0.3) is 0 Å². The molecule has 0 radical (unpaired) electrons. The van der Waals surface area contributed by atoms with Crippen molar-refractivity contribution in [1.82, 2.24) is 0 Å². The van der Waals surface area contributed by atoms with Gasteiger partial charge in [-0.15, -0.1) is 0 Å². The zero-order valence-electron chi connectivity index (χ0n) is 8.78. The number of carboxylic acids is 1. The summed E-state index contributed by atoms with van der Waals surface area (Å²) in [7, 11) is 0. The maximum Gasteiger partial charge on any atom is 0.307 e. The smallest absolute Gasteiger partial charge is 0.307 e. The molecule has 0 aromatic carbocycles. The summed E-state index contributed by atoms with van der Waals surface area (Å²) in [6.45, 7) is 3.51. The summed E-state index contributed by atoms with van der Waals surface area (Å²) in [6, 6.07) is 0. The van der Waals surface area contributed by atoms with Crippen molar-refractivity contribution < 1.29 is 19.1 Å². The van der Waals surface area contributed by atoms with Crippen LogP contribution in [0.2, 0.25) is 0 Å². The van der Waals surface area contributed by atoms with Crippen molar-refractivity contribution in [3.8, 4) is 0 Å². The number of aliphatic carboxylic acids is 1. The van der Waals surface area contributed by atoms with Crippen LogP contribution in [0, 0.1) is 17.3 Å². The Bertz CT molecular complexity index is 336. The highest BCUT2D eigenvalue weighted by molar-refractivity contribution is 8.13. The average molecular weight is 232 g/mol. The molecule has 0 saturated heterocycles. The van der Waals surface area contributed by atoms with Gasteiger partial charge in [0.05, 0.1) is 5.92 Å². The van der Waals surface area contributed by atoms with Crippen molar-refractivity contribution >= 4 is 22.8 Å². The van der Waals surface area contributed by atoms with Crippen LogP contribution < -0.4 is 0 Å².